The summed E-state index contributed by atoms with van der Waals surface area (Å²) in [4.78, 5) is 21.4. The van der Waals surface area contributed by atoms with Crippen molar-refractivity contribution in [3.63, 3.8) is 0 Å². The second-order valence-corrected chi connectivity index (χ2v) is 10.2. The molecule has 1 aliphatic heterocycles. The lowest BCUT2D eigenvalue weighted by Gasteiger charge is -2.32. The molecule has 10 nitrogen and oxygen atoms in total. The van der Waals surface area contributed by atoms with Crippen molar-refractivity contribution in [2.24, 2.45) is 0 Å². The van der Waals surface area contributed by atoms with Gasteiger partial charge in [-0.15, -0.1) is 5.10 Å². The summed E-state index contributed by atoms with van der Waals surface area (Å²) in [6, 6.07) is 18.8. The van der Waals surface area contributed by atoms with Crippen molar-refractivity contribution in [1.82, 2.24) is 28.7 Å². The van der Waals surface area contributed by atoms with Crippen LogP contribution in [0.2, 0.25) is 0 Å². The van der Waals surface area contributed by atoms with Gasteiger partial charge in [0.2, 0.25) is 5.95 Å². The molecule has 0 saturated carbocycles. The van der Waals surface area contributed by atoms with E-state index in [1.165, 1.54) is 11.4 Å². The number of fused-ring (bicyclic) bond motifs is 1. The van der Waals surface area contributed by atoms with Crippen LogP contribution in [0.3, 0.4) is 0 Å². The van der Waals surface area contributed by atoms with Crippen LogP contribution in [0.1, 0.15) is 15.9 Å². The minimum Gasteiger partial charge on any atom is -0.760 e. The molecular weight excluding hydrogens is 490 g/mol. The van der Waals surface area contributed by atoms with Crippen LogP contribution in [0.15, 0.2) is 66.9 Å². The molecule has 4 aromatic rings. The zero-order valence-electron chi connectivity index (χ0n) is 20.7. The van der Waals surface area contributed by atoms with Crippen molar-refractivity contribution in [3.05, 3.63) is 78.0 Å². The second-order valence-electron chi connectivity index (χ2n) is 9.10. The summed E-state index contributed by atoms with van der Waals surface area (Å²) in [5.74, 6) is 0.442. The van der Waals surface area contributed by atoms with Gasteiger partial charge in [-0.25, -0.2) is 13.8 Å². The Kier molecular flexibility index (Phi) is 7.28. The summed E-state index contributed by atoms with van der Waals surface area (Å²) in [6.45, 7) is 3.47. The van der Waals surface area contributed by atoms with Crippen molar-refractivity contribution in [3.8, 4) is 11.3 Å². The molecule has 1 fully saturated rings. The molecule has 37 heavy (non-hydrogen) atoms. The maximum absolute atomic E-state index is 12.8. The Balaban J connectivity index is 1.36. The highest BCUT2D eigenvalue weighted by atomic mass is 32.2. The van der Waals surface area contributed by atoms with Gasteiger partial charge < -0.3 is 19.7 Å². The predicted octanol–water partition coefficient (Wildman–Crippen LogP) is 2.75. The van der Waals surface area contributed by atoms with Crippen molar-refractivity contribution in [1.29, 1.82) is 0 Å². The van der Waals surface area contributed by atoms with Crippen LogP contribution in [0, 0.1) is 0 Å². The van der Waals surface area contributed by atoms with Gasteiger partial charge in [-0.2, -0.15) is 0 Å². The maximum Gasteiger partial charge on any atom is 0.253 e. The molecule has 2 aromatic carbocycles. The number of hydrogen-bond acceptors (Lipinski definition) is 7. The van der Waals surface area contributed by atoms with E-state index in [0.29, 0.717) is 11.5 Å². The topological polar surface area (TPSA) is 109 Å². The van der Waals surface area contributed by atoms with Gasteiger partial charge in [-0.05, 0) is 56.1 Å². The number of nitrogens with zero attached hydrogens (tertiary/aromatic N) is 6. The molecule has 192 valence electrons. The van der Waals surface area contributed by atoms with Gasteiger partial charge in [0.05, 0.1) is 17.4 Å². The zero-order chi connectivity index (χ0) is 25.9. The number of likely N-dealkylation sites (N-methyl/N-ethyl adjacent to an activating group) is 1. The van der Waals surface area contributed by atoms with E-state index in [-0.39, 0.29) is 12.5 Å². The van der Waals surface area contributed by atoms with Crippen LogP contribution < -0.4 is 5.32 Å². The molecule has 0 radical (unpaired) electrons. The molecule has 3 heterocycles. The summed E-state index contributed by atoms with van der Waals surface area (Å²) in [7, 11) is 3.60. The average molecular weight is 519 g/mol. The van der Waals surface area contributed by atoms with E-state index in [1.54, 1.807) is 10.7 Å². The largest absolute Gasteiger partial charge is 0.760 e. The van der Waals surface area contributed by atoms with Gasteiger partial charge in [0.25, 0.3) is 5.91 Å². The number of benzene rings is 2. The van der Waals surface area contributed by atoms with E-state index in [4.69, 9.17) is 0 Å². The fourth-order valence-corrected chi connectivity index (χ4v) is 4.63. The van der Waals surface area contributed by atoms with E-state index in [1.807, 2.05) is 65.6 Å². The minimum absolute atomic E-state index is 0.0411. The lowest BCUT2D eigenvalue weighted by atomic mass is 10.0. The predicted molar refractivity (Wildman–Crippen MR) is 142 cm³/mol. The molecular formula is C26H28N7O3S-. The van der Waals surface area contributed by atoms with Crippen molar-refractivity contribution in [2.45, 2.75) is 6.54 Å². The molecule has 11 heteroatoms. The first-order chi connectivity index (χ1) is 17.9. The lowest BCUT2D eigenvalue weighted by Crippen LogP contribution is -2.47. The van der Waals surface area contributed by atoms with Crippen molar-refractivity contribution >= 4 is 34.3 Å². The summed E-state index contributed by atoms with van der Waals surface area (Å²) < 4.78 is 25.7. The van der Waals surface area contributed by atoms with Crippen LogP contribution in [-0.2, 0) is 17.8 Å². The number of carbonyl (C=O) groups is 1. The SMILES string of the molecule is CN1CCN(C(=O)c2ccc(Nc3ncc4ccc(-c5ccccc5CN(C)S(=O)[O-])n4n3)cc2)CC1. The van der Waals surface area contributed by atoms with E-state index < -0.39 is 11.3 Å². The number of carbonyl (C=O) groups excluding carboxylic acids is 1. The first-order valence-electron chi connectivity index (χ1n) is 12.0. The zero-order valence-corrected chi connectivity index (χ0v) is 21.5. The third-order valence-electron chi connectivity index (χ3n) is 6.52. The Morgan fingerprint density at radius 2 is 1.78 bits per heavy atom. The fourth-order valence-electron chi connectivity index (χ4n) is 4.38. The van der Waals surface area contributed by atoms with E-state index in [2.05, 4.69) is 27.3 Å². The molecule has 1 unspecified atom stereocenters. The van der Waals surface area contributed by atoms with Crippen molar-refractivity contribution < 1.29 is 13.6 Å². The Hall–Kier alpha value is -3.64. The highest BCUT2D eigenvalue weighted by Crippen LogP contribution is 2.27. The van der Waals surface area contributed by atoms with Crippen LogP contribution in [-0.4, -0.2) is 83.6 Å². The number of anilines is 2. The number of hydrogen-bond donors (Lipinski definition) is 1. The van der Waals surface area contributed by atoms with Gasteiger partial charge in [-0.1, -0.05) is 24.3 Å². The van der Waals surface area contributed by atoms with E-state index in [9.17, 15) is 13.6 Å². The number of amides is 1. The Morgan fingerprint density at radius 1 is 1.05 bits per heavy atom. The van der Waals surface area contributed by atoms with Gasteiger partial charge in [0.1, 0.15) is 0 Å². The Bertz CT molecular complexity index is 1430. The average Bonchev–Trinajstić information content (AvgIpc) is 3.32. The van der Waals surface area contributed by atoms with Crippen molar-refractivity contribution in [2.75, 3.05) is 45.6 Å². The highest BCUT2D eigenvalue weighted by Gasteiger charge is 2.20. The summed E-state index contributed by atoms with van der Waals surface area (Å²) >= 11 is -2.31. The molecule has 1 saturated heterocycles. The van der Waals surface area contributed by atoms with Crippen LogP contribution in [0.4, 0.5) is 11.6 Å². The molecule has 0 bridgehead atoms. The van der Waals surface area contributed by atoms with Gasteiger partial charge in [-0.3, -0.25) is 9.00 Å². The number of rotatable bonds is 7. The van der Waals surface area contributed by atoms with Crippen LogP contribution >= 0.6 is 0 Å². The Labute approximate surface area is 217 Å². The molecule has 1 N–H and O–H groups in total. The minimum atomic E-state index is -2.31. The molecule has 1 amide bonds. The van der Waals surface area contributed by atoms with Gasteiger partial charge in [0, 0.05) is 60.8 Å². The molecule has 0 spiro atoms. The number of piperazine rings is 1. The summed E-state index contributed by atoms with van der Waals surface area (Å²) in [5.41, 5.74) is 4.81. The Morgan fingerprint density at radius 3 is 2.51 bits per heavy atom. The lowest BCUT2D eigenvalue weighted by molar-refractivity contribution is 0.0664. The van der Waals surface area contributed by atoms with Gasteiger partial charge >= 0.3 is 0 Å². The maximum atomic E-state index is 12.8. The molecule has 2 aromatic heterocycles. The highest BCUT2D eigenvalue weighted by molar-refractivity contribution is 7.76. The van der Waals surface area contributed by atoms with Crippen LogP contribution in [0.5, 0.6) is 0 Å². The van der Waals surface area contributed by atoms with E-state index >= 15 is 0 Å². The summed E-state index contributed by atoms with van der Waals surface area (Å²) in [5, 5.41) is 7.89. The second kappa shape index (κ2) is 10.8. The molecule has 1 atom stereocenters. The monoisotopic (exact) mass is 518 g/mol. The smallest absolute Gasteiger partial charge is 0.253 e. The standard InChI is InChI=1S/C26H29N7O3S/c1-30-13-15-32(16-14-30)25(34)19-7-9-21(10-8-19)28-26-27-17-22-11-12-24(33(22)29-26)23-6-4-3-5-20(23)18-31(2)37(35)36/h3-12,17H,13-16,18H2,1-2H3,(H,28,29)(H,35,36)/p-1. The molecule has 5 rings (SSSR count). The third kappa shape index (κ3) is 5.54. The normalized spacial score (nSPS) is 15.3. The van der Waals surface area contributed by atoms with E-state index in [0.717, 1.165) is 54.2 Å². The quantitative estimate of drug-likeness (QED) is 0.375. The number of aromatic nitrogens is 3. The third-order valence-corrected chi connectivity index (χ3v) is 7.16. The molecule has 1 aliphatic rings. The van der Waals surface area contributed by atoms with Gasteiger partial charge in [0.15, 0.2) is 0 Å². The first kappa shape index (κ1) is 25.0. The summed E-state index contributed by atoms with van der Waals surface area (Å²) in [6.07, 6.45) is 1.73. The fraction of sp³-hybridized carbons (Fsp3) is 0.269. The molecule has 0 aliphatic carbocycles. The number of nitrogens with one attached hydrogen (secondary N) is 1. The van der Waals surface area contributed by atoms with Crippen LogP contribution in [0.25, 0.3) is 16.8 Å². The first-order valence-corrected chi connectivity index (χ1v) is 13.0.